The molecule has 0 spiro atoms. The summed E-state index contributed by atoms with van der Waals surface area (Å²) in [5, 5.41) is 9.17. The quantitative estimate of drug-likeness (QED) is 0.513. The zero-order chi connectivity index (χ0) is 25.6. The third-order valence-electron chi connectivity index (χ3n) is 6.82. The number of piperidine rings is 1. The van der Waals surface area contributed by atoms with E-state index in [1.54, 1.807) is 12.1 Å². The van der Waals surface area contributed by atoms with Gasteiger partial charge in [0, 0.05) is 32.2 Å². The molecule has 1 N–H and O–H groups in total. The number of carboxylic acid groups (broad SMARTS) is 1. The number of nitrogens with zero attached hydrogens (tertiary/aromatic N) is 5. The predicted octanol–water partition coefficient (Wildman–Crippen LogP) is 2.70. The second-order valence-corrected chi connectivity index (χ2v) is 11.4. The minimum Gasteiger partial charge on any atom is -0.480 e. The van der Waals surface area contributed by atoms with E-state index in [0.717, 1.165) is 49.9 Å². The van der Waals surface area contributed by atoms with Crippen molar-refractivity contribution in [3.05, 3.63) is 51.7 Å². The van der Waals surface area contributed by atoms with Gasteiger partial charge < -0.3 is 10.0 Å². The maximum Gasteiger partial charge on any atom is 0.331 e. The van der Waals surface area contributed by atoms with Crippen molar-refractivity contribution in [2.24, 2.45) is 0 Å². The summed E-state index contributed by atoms with van der Waals surface area (Å²) >= 11 is 6.00. The van der Waals surface area contributed by atoms with E-state index in [1.165, 1.54) is 13.4 Å². The van der Waals surface area contributed by atoms with Crippen LogP contribution in [0.5, 0.6) is 0 Å². The first-order valence-electron chi connectivity index (χ1n) is 11.7. The van der Waals surface area contributed by atoms with Crippen molar-refractivity contribution in [3.8, 4) is 0 Å². The lowest BCUT2D eigenvalue weighted by atomic mass is 10.1. The predicted molar refractivity (Wildman–Crippen MR) is 132 cm³/mol. The fourth-order valence-corrected chi connectivity index (χ4v) is 7.02. The van der Waals surface area contributed by atoms with Crippen LogP contribution in [-0.4, -0.2) is 64.1 Å². The molecule has 2 fully saturated rings. The number of sulfonamides is 1. The van der Waals surface area contributed by atoms with E-state index < -0.39 is 34.0 Å². The molecule has 2 saturated heterocycles. The van der Waals surface area contributed by atoms with E-state index in [1.807, 2.05) is 0 Å². The molecule has 0 radical (unpaired) electrons. The van der Waals surface area contributed by atoms with Crippen molar-refractivity contribution in [2.45, 2.75) is 43.2 Å². The highest BCUT2D eigenvalue weighted by atomic mass is 35.5. The normalized spacial score (nSPS) is 17.8. The number of anilines is 1. The second-order valence-electron chi connectivity index (χ2n) is 9.05. The van der Waals surface area contributed by atoms with Crippen molar-refractivity contribution in [2.75, 3.05) is 31.1 Å². The van der Waals surface area contributed by atoms with E-state index in [4.69, 9.17) is 16.6 Å². The standard InChI is InChI=1S/C23H25ClFN5O5S/c24-17-13-15(25)3-5-19(17)36(34,35)28-11-7-16(8-12-28)30-22-18(29(23(30)33)14-21(31)32)4-6-20(26-22)27-9-1-2-10-27/h3-6,13,16H,1-2,7-12,14H2,(H,31,32). The molecule has 0 bridgehead atoms. The maximum atomic E-state index is 13.4. The highest BCUT2D eigenvalue weighted by Gasteiger charge is 2.33. The lowest BCUT2D eigenvalue weighted by molar-refractivity contribution is -0.137. The number of benzene rings is 1. The van der Waals surface area contributed by atoms with Crippen molar-refractivity contribution >= 4 is 44.6 Å². The Bertz CT molecular complexity index is 1490. The summed E-state index contributed by atoms with van der Waals surface area (Å²) in [5.41, 5.74) is 0.341. The van der Waals surface area contributed by atoms with Crippen LogP contribution in [0.15, 0.2) is 40.0 Å². The Balaban J connectivity index is 1.47. The molecule has 1 aromatic carbocycles. The average molecular weight is 538 g/mol. The molecule has 2 aromatic heterocycles. The summed E-state index contributed by atoms with van der Waals surface area (Å²) in [4.78, 5) is 31.5. The summed E-state index contributed by atoms with van der Waals surface area (Å²) < 4.78 is 43.6. The minimum absolute atomic E-state index is 0.116. The van der Waals surface area contributed by atoms with Crippen molar-refractivity contribution in [1.82, 2.24) is 18.4 Å². The molecule has 4 heterocycles. The van der Waals surface area contributed by atoms with Gasteiger partial charge in [0.05, 0.1) is 10.5 Å². The number of rotatable bonds is 6. The van der Waals surface area contributed by atoms with Gasteiger partial charge in [-0.15, -0.1) is 0 Å². The molecule has 3 aromatic rings. The molecule has 13 heteroatoms. The van der Waals surface area contributed by atoms with Crippen molar-refractivity contribution < 1.29 is 22.7 Å². The van der Waals surface area contributed by atoms with Crippen LogP contribution in [0.25, 0.3) is 11.2 Å². The number of aromatic nitrogens is 3. The van der Waals surface area contributed by atoms with Gasteiger partial charge in [-0.1, -0.05) is 11.6 Å². The van der Waals surface area contributed by atoms with Crippen LogP contribution in [0.2, 0.25) is 5.02 Å². The third-order valence-corrected chi connectivity index (χ3v) is 9.20. The number of hydrogen-bond donors (Lipinski definition) is 1. The molecule has 0 saturated carbocycles. The second kappa shape index (κ2) is 9.49. The summed E-state index contributed by atoms with van der Waals surface area (Å²) in [6.07, 6.45) is 2.74. The fourth-order valence-electron chi connectivity index (χ4n) is 5.05. The maximum absolute atomic E-state index is 13.4. The number of hydrogen-bond acceptors (Lipinski definition) is 6. The number of carboxylic acids is 1. The molecule has 5 rings (SSSR count). The van der Waals surface area contributed by atoms with Crippen molar-refractivity contribution in [1.29, 1.82) is 0 Å². The van der Waals surface area contributed by atoms with Gasteiger partial charge >= 0.3 is 11.7 Å². The summed E-state index contributed by atoms with van der Waals surface area (Å²) in [6, 6.07) is 6.32. The third kappa shape index (κ3) is 4.37. The van der Waals surface area contributed by atoms with Crippen LogP contribution in [0.1, 0.15) is 31.7 Å². The molecule has 2 aliphatic heterocycles. The van der Waals surface area contributed by atoms with Crippen LogP contribution >= 0.6 is 11.6 Å². The van der Waals surface area contributed by atoms with Gasteiger partial charge in [0.25, 0.3) is 0 Å². The molecule has 0 unspecified atom stereocenters. The minimum atomic E-state index is -3.95. The lowest BCUT2D eigenvalue weighted by Crippen LogP contribution is -2.41. The van der Waals surface area contributed by atoms with Gasteiger partial charge in [-0.25, -0.2) is 22.6 Å². The number of halogens is 2. The zero-order valence-electron chi connectivity index (χ0n) is 19.3. The van der Waals surface area contributed by atoms with Gasteiger partial charge in [-0.3, -0.25) is 13.9 Å². The Labute approximate surface area is 211 Å². The number of aliphatic carboxylic acids is 1. The van der Waals surface area contributed by atoms with Crippen LogP contribution < -0.4 is 10.6 Å². The van der Waals surface area contributed by atoms with E-state index in [2.05, 4.69) is 4.90 Å². The molecule has 0 aliphatic carbocycles. The molecule has 2 aliphatic rings. The Morgan fingerprint density at radius 2 is 1.81 bits per heavy atom. The monoisotopic (exact) mass is 537 g/mol. The number of carbonyl (C=O) groups is 1. The Morgan fingerprint density at radius 1 is 1.11 bits per heavy atom. The number of imidazole rings is 1. The van der Waals surface area contributed by atoms with Gasteiger partial charge in [-0.2, -0.15) is 4.31 Å². The molecule has 0 atom stereocenters. The van der Waals surface area contributed by atoms with Crippen molar-refractivity contribution in [3.63, 3.8) is 0 Å². The van der Waals surface area contributed by atoms with Gasteiger partial charge in [0.1, 0.15) is 23.1 Å². The summed E-state index contributed by atoms with van der Waals surface area (Å²) in [7, 11) is -3.95. The average Bonchev–Trinajstić information content (AvgIpc) is 3.46. The summed E-state index contributed by atoms with van der Waals surface area (Å²) in [5.74, 6) is -1.04. The smallest absolute Gasteiger partial charge is 0.331 e. The topological polar surface area (TPSA) is 118 Å². The highest BCUT2D eigenvalue weighted by Crippen LogP contribution is 2.32. The molecular weight excluding hydrogens is 513 g/mol. The van der Waals surface area contributed by atoms with Gasteiger partial charge in [-0.05, 0) is 56.0 Å². The molecule has 192 valence electrons. The number of fused-ring (bicyclic) bond motifs is 1. The van der Waals surface area contributed by atoms with E-state index in [9.17, 15) is 27.5 Å². The van der Waals surface area contributed by atoms with E-state index in [-0.39, 0.29) is 29.0 Å². The highest BCUT2D eigenvalue weighted by molar-refractivity contribution is 7.89. The molecular formula is C23H25ClFN5O5S. The Morgan fingerprint density at radius 3 is 2.44 bits per heavy atom. The van der Waals surface area contributed by atoms with Crippen LogP contribution in [-0.2, 0) is 21.4 Å². The first-order valence-corrected chi connectivity index (χ1v) is 13.5. The molecule has 10 nitrogen and oxygen atoms in total. The van der Waals surface area contributed by atoms with Crippen LogP contribution in [0.3, 0.4) is 0 Å². The fraction of sp³-hybridized carbons (Fsp3) is 0.435. The SMILES string of the molecule is O=C(O)Cn1c(=O)n(C2CCN(S(=O)(=O)c3ccc(F)cc3Cl)CC2)c2nc(N3CCCC3)ccc21. The first kappa shape index (κ1) is 24.7. The first-order chi connectivity index (χ1) is 17.2. The largest absolute Gasteiger partial charge is 0.480 e. The van der Waals surface area contributed by atoms with Crippen LogP contribution in [0, 0.1) is 5.82 Å². The zero-order valence-corrected chi connectivity index (χ0v) is 20.9. The molecule has 36 heavy (non-hydrogen) atoms. The lowest BCUT2D eigenvalue weighted by Gasteiger charge is -2.31. The summed E-state index contributed by atoms with van der Waals surface area (Å²) in [6.45, 7) is 1.46. The Hall–Kier alpha value is -2.96. The van der Waals surface area contributed by atoms with E-state index >= 15 is 0 Å². The van der Waals surface area contributed by atoms with Gasteiger partial charge in [0.2, 0.25) is 10.0 Å². The Kier molecular flexibility index (Phi) is 6.52. The number of pyridine rings is 1. The molecule has 0 amide bonds. The van der Waals surface area contributed by atoms with Crippen LogP contribution in [0.4, 0.5) is 10.2 Å². The van der Waals surface area contributed by atoms with Gasteiger partial charge in [0.15, 0.2) is 5.65 Å². The van der Waals surface area contributed by atoms with E-state index in [0.29, 0.717) is 24.0 Å².